The monoisotopic (exact) mass is 264 g/mol. The minimum absolute atomic E-state index is 0.671. The number of furan rings is 1. The predicted molar refractivity (Wildman–Crippen MR) is 75.8 cm³/mol. The van der Waals surface area contributed by atoms with E-state index < -0.39 is 0 Å². The van der Waals surface area contributed by atoms with E-state index in [1.54, 1.807) is 17.6 Å². The second-order valence-electron chi connectivity index (χ2n) is 4.99. The van der Waals surface area contributed by atoms with E-state index in [9.17, 15) is 0 Å². The summed E-state index contributed by atoms with van der Waals surface area (Å²) >= 11 is 1.72. The molecular weight excluding hydrogens is 244 g/mol. The molecule has 0 bridgehead atoms. The van der Waals surface area contributed by atoms with Gasteiger partial charge in [-0.15, -0.1) is 11.3 Å². The standard InChI is InChI=1S/C14H20N2OS/c1-9(2)7-15-8-12-11(4)16-14(18-12)13-10(3)5-6-17-13/h5-6,9,15H,7-8H2,1-4H3. The highest BCUT2D eigenvalue weighted by atomic mass is 32.1. The molecule has 3 nitrogen and oxygen atoms in total. The van der Waals surface area contributed by atoms with Gasteiger partial charge < -0.3 is 9.73 Å². The average molecular weight is 264 g/mol. The zero-order chi connectivity index (χ0) is 13.1. The number of thiazole rings is 1. The molecule has 2 aromatic rings. The fourth-order valence-corrected chi connectivity index (χ4v) is 2.84. The summed E-state index contributed by atoms with van der Waals surface area (Å²) < 4.78 is 5.49. The third-order valence-electron chi connectivity index (χ3n) is 2.79. The number of hydrogen-bond donors (Lipinski definition) is 1. The molecular formula is C14H20N2OS. The van der Waals surface area contributed by atoms with E-state index >= 15 is 0 Å². The van der Waals surface area contributed by atoms with Crippen molar-refractivity contribution in [3.05, 3.63) is 28.5 Å². The predicted octanol–water partition coefficient (Wildman–Crippen LogP) is 3.77. The molecule has 0 atom stereocenters. The van der Waals surface area contributed by atoms with Crippen LogP contribution in [0, 0.1) is 19.8 Å². The van der Waals surface area contributed by atoms with Gasteiger partial charge in [0, 0.05) is 11.4 Å². The molecule has 0 saturated carbocycles. The number of nitrogens with zero attached hydrogens (tertiary/aromatic N) is 1. The van der Waals surface area contributed by atoms with Crippen LogP contribution < -0.4 is 5.32 Å². The van der Waals surface area contributed by atoms with Crippen molar-refractivity contribution in [2.45, 2.75) is 34.2 Å². The highest BCUT2D eigenvalue weighted by Crippen LogP contribution is 2.30. The van der Waals surface area contributed by atoms with Crippen LogP contribution in [-0.2, 0) is 6.54 Å². The highest BCUT2D eigenvalue weighted by molar-refractivity contribution is 7.15. The number of aromatic nitrogens is 1. The summed E-state index contributed by atoms with van der Waals surface area (Å²) in [5.41, 5.74) is 2.24. The van der Waals surface area contributed by atoms with E-state index in [0.717, 1.165) is 35.1 Å². The maximum atomic E-state index is 5.49. The lowest BCUT2D eigenvalue weighted by Gasteiger charge is -2.05. The van der Waals surface area contributed by atoms with Crippen LogP contribution >= 0.6 is 11.3 Å². The van der Waals surface area contributed by atoms with Gasteiger partial charge in [0.05, 0.1) is 12.0 Å². The number of aryl methyl sites for hydroxylation is 2. The van der Waals surface area contributed by atoms with Crippen LogP contribution in [-0.4, -0.2) is 11.5 Å². The van der Waals surface area contributed by atoms with Gasteiger partial charge in [0.25, 0.3) is 0 Å². The molecule has 0 aliphatic heterocycles. The summed E-state index contributed by atoms with van der Waals surface area (Å²) in [6.07, 6.45) is 1.72. The van der Waals surface area contributed by atoms with Crippen molar-refractivity contribution in [1.82, 2.24) is 10.3 Å². The molecule has 0 aliphatic carbocycles. The Labute approximate surface area is 112 Å². The average Bonchev–Trinajstić information content (AvgIpc) is 2.85. The van der Waals surface area contributed by atoms with Gasteiger partial charge in [0.15, 0.2) is 10.8 Å². The lowest BCUT2D eigenvalue weighted by molar-refractivity contribution is 0.554. The molecule has 1 N–H and O–H groups in total. The molecule has 0 spiro atoms. The molecule has 2 aromatic heterocycles. The van der Waals surface area contributed by atoms with Crippen molar-refractivity contribution >= 4 is 11.3 Å². The van der Waals surface area contributed by atoms with Crippen LogP contribution in [0.3, 0.4) is 0 Å². The van der Waals surface area contributed by atoms with Crippen LogP contribution in [0.5, 0.6) is 0 Å². The molecule has 4 heteroatoms. The minimum Gasteiger partial charge on any atom is -0.462 e. The van der Waals surface area contributed by atoms with Crippen molar-refractivity contribution < 1.29 is 4.42 Å². The molecule has 0 unspecified atom stereocenters. The Morgan fingerprint density at radius 2 is 2.17 bits per heavy atom. The fourth-order valence-electron chi connectivity index (χ4n) is 1.76. The molecule has 0 fully saturated rings. The molecule has 0 saturated heterocycles. The molecule has 98 valence electrons. The first-order valence-electron chi connectivity index (χ1n) is 6.29. The number of hydrogen-bond acceptors (Lipinski definition) is 4. The van der Waals surface area contributed by atoms with Crippen molar-refractivity contribution in [3.63, 3.8) is 0 Å². The van der Waals surface area contributed by atoms with Gasteiger partial charge in [0.1, 0.15) is 0 Å². The van der Waals surface area contributed by atoms with E-state index in [1.165, 1.54) is 4.88 Å². The topological polar surface area (TPSA) is 38.1 Å². The second-order valence-corrected chi connectivity index (χ2v) is 6.07. The molecule has 0 amide bonds. The van der Waals surface area contributed by atoms with Crippen LogP contribution in [0.25, 0.3) is 10.8 Å². The summed E-state index contributed by atoms with van der Waals surface area (Å²) in [6.45, 7) is 10.5. The van der Waals surface area contributed by atoms with Crippen LogP contribution in [0.2, 0.25) is 0 Å². The Morgan fingerprint density at radius 1 is 1.39 bits per heavy atom. The maximum absolute atomic E-state index is 5.49. The molecule has 2 rings (SSSR count). The van der Waals surface area contributed by atoms with Crippen molar-refractivity contribution in [3.8, 4) is 10.8 Å². The van der Waals surface area contributed by atoms with Crippen LogP contribution in [0.1, 0.15) is 30.0 Å². The Hall–Kier alpha value is -1.13. The third-order valence-corrected chi connectivity index (χ3v) is 3.94. The summed E-state index contributed by atoms with van der Waals surface area (Å²) in [6, 6.07) is 1.97. The third kappa shape index (κ3) is 3.00. The highest BCUT2D eigenvalue weighted by Gasteiger charge is 2.13. The summed E-state index contributed by atoms with van der Waals surface area (Å²) in [5, 5.41) is 4.44. The van der Waals surface area contributed by atoms with Crippen LogP contribution in [0.4, 0.5) is 0 Å². The lowest BCUT2D eigenvalue weighted by Crippen LogP contribution is -2.18. The second kappa shape index (κ2) is 5.67. The summed E-state index contributed by atoms with van der Waals surface area (Å²) in [5.74, 6) is 1.57. The van der Waals surface area contributed by atoms with Crippen molar-refractivity contribution in [2.24, 2.45) is 5.92 Å². The fraction of sp³-hybridized carbons (Fsp3) is 0.500. The molecule has 18 heavy (non-hydrogen) atoms. The smallest absolute Gasteiger partial charge is 0.165 e. The van der Waals surface area contributed by atoms with Crippen LogP contribution in [0.15, 0.2) is 16.7 Å². The first-order valence-corrected chi connectivity index (χ1v) is 7.11. The van der Waals surface area contributed by atoms with Gasteiger partial charge in [0.2, 0.25) is 0 Å². The normalized spacial score (nSPS) is 11.4. The largest absolute Gasteiger partial charge is 0.462 e. The van der Waals surface area contributed by atoms with E-state index in [0.29, 0.717) is 5.92 Å². The lowest BCUT2D eigenvalue weighted by atomic mass is 10.2. The Kier molecular flexibility index (Phi) is 4.19. The Balaban J connectivity index is 2.10. The molecule has 0 radical (unpaired) electrons. The van der Waals surface area contributed by atoms with Gasteiger partial charge in [-0.05, 0) is 37.9 Å². The first-order chi connectivity index (χ1) is 8.58. The van der Waals surface area contributed by atoms with E-state index in [4.69, 9.17) is 4.42 Å². The van der Waals surface area contributed by atoms with Gasteiger partial charge in [-0.25, -0.2) is 4.98 Å². The maximum Gasteiger partial charge on any atom is 0.165 e. The number of nitrogens with one attached hydrogen (secondary N) is 1. The first kappa shape index (κ1) is 13.3. The van der Waals surface area contributed by atoms with E-state index in [-0.39, 0.29) is 0 Å². The van der Waals surface area contributed by atoms with Gasteiger partial charge in [-0.1, -0.05) is 13.8 Å². The van der Waals surface area contributed by atoms with Crippen molar-refractivity contribution in [2.75, 3.05) is 6.54 Å². The Bertz CT molecular complexity index is 514. The molecule has 0 aliphatic rings. The quantitative estimate of drug-likeness (QED) is 0.893. The Morgan fingerprint density at radius 3 is 2.78 bits per heavy atom. The zero-order valence-electron chi connectivity index (χ0n) is 11.4. The van der Waals surface area contributed by atoms with E-state index in [1.807, 2.05) is 13.0 Å². The summed E-state index contributed by atoms with van der Waals surface area (Å²) in [7, 11) is 0. The van der Waals surface area contributed by atoms with Gasteiger partial charge >= 0.3 is 0 Å². The van der Waals surface area contributed by atoms with E-state index in [2.05, 4.69) is 31.1 Å². The summed E-state index contributed by atoms with van der Waals surface area (Å²) in [4.78, 5) is 5.89. The zero-order valence-corrected chi connectivity index (χ0v) is 12.2. The minimum atomic E-state index is 0.671. The molecule has 2 heterocycles. The van der Waals surface area contributed by atoms with Crippen molar-refractivity contribution in [1.29, 1.82) is 0 Å². The van der Waals surface area contributed by atoms with Gasteiger partial charge in [-0.2, -0.15) is 0 Å². The molecule has 0 aromatic carbocycles. The van der Waals surface area contributed by atoms with Gasteiger partial charge in [-0.3, -0.25) is 0 Å². The number of rotatable bonds is 5. The SMILES string of the molecule is Cc1ccoc1-c1nc(C)c(CNCC(C)C)s1.